The van der Waals surface area contributed by atoms with E-state index in [0.717, 1.165) is 24.5 Å². The van der Waals surface area contributed by atoms with E-state index in [-0.39, 0.29) is 5.78 Å². The number of Topliss-reactive ketones (excluding diaryl/α,β-unsaturated/α-hetero) is 1. The topological polar surface area (TPSA) is 60.8 Å². The maximum absolute atomic E-state index is 11.3. The van der Waals surface area contributed by atoms with E-state index in [4.69, 9.17) is 0 Å². The van der Waals surface area contributed by atoms with Crippen LogP contribution in [0.15, 0.2) is 11.4 Å². The summed E-state index contributed by atoms with van der Waals surface area (Å²) >= 11 is 1.51. The van der Waals surface area contributed by atoms with Gasteiger partial charge < -0.3 is 10.2 Å². The van der Waals surface area contributed by atoms with Gasteiger partial charge in [-0.3, -0.25) is 9.69 Å². The first-order chi connectivity index (χ1) is 9.52. The van der Waals surface area contributed by atoms with Crippen molar-refractivity contribution < 1.29 is 15.0 Å². The number of rotatable bonds is 3. The van der Waals surface area contributed by atoms with E-state index in [1.807, 2.05) is 6.07 Å². The third-order valence-electron chi connectivity index (χ3n) is 4.59. The molecule has 0 radical (unpaired) electrons. The highest BCUT2D eigenvalue weighted by Gasteiger charge is 2.40. The Hall–Kier alpha value is -0.750. The van der Waals surface area contributed by atoms with Crippen molar-refractivity contribution in [2.75, 3.05) is 13.1 Å². The van der Waals surface area contributed by atoms with Gasteiger partial charge in [-0.15, -0.1) is 11.3 Å². The molecule has 1 aromatic rings. The minimum absolute atomic E-state index is 0.127. The van der Waals surface area contributed by atoms with Crippen molar-refractivity contribution in [2.24, 2.45) is 11.8 Å². The van der Waals surface area contributed by atoms with Gasteiger partial charge in [-0.25, -0.2) is 0 Å². The van der Waals surface area contributed by atoms with Gasteiger partial charge in [0.05, 0.1) is 17.1 Å². The van der Waals surface area contributed by atoms with Crippen LogP contribution in [0.2, 0.25) is 0 Å². The van der Waals surface area contributed by atoms with Crippen molar-refractivity contribution in [2.45, 2.75) is 38.5 Å². The number of ketones is 1. The average Bonchev–Trinajstić information content (AvgIpc) is 2.97. The zero-order valence-corrected chi connectivity index (χ0v) is 12.5. The number of carbonyl (C=O) groups is 1. The van der Waals surface area contributed by atoms with Gasteiger partial charge in [-0.05, 0) is 48.6 Å². The Morgan fingerprint density at radius 2 is 1.90 bits per heavy atom. The third kappa shape index (κ3) is 2.81. The molecule has 4 nitrogen and oxygen atoms in total. The van der Waals surface area contributed by atoms with Crippen LogP contribution < -0.4 is 0 Å². The quantitative estimate of drug-likeness (QED) is 0.830. The third-order valence-corrected chi connectivity index (χ3v) is 5.67. The van der Waals surface area contributed by atoms with Crippen LogP contribution in [0.5, 0.6) is 0 Å². The number of likely N-dealkylation sites (tertiary alicyclic amines) is 1. The molecule has 2 aliphatic rings. The standard InChI is InChI=1S/C15H21NO3S/c1-9(17)15-2-10(8-20-15)5-16-6-11-3-13(18)14(19)4-12(11)7-16/h2,8,11-14,18-19H,3-7H2,1H3/t11-,12+,13-,14-/m0/s1. The highest BCUT2D eigenvalue weighted by Crippen LogP contribution is 2.37. The smallest absolute Gasteiger partial charge is 0.169 e. The van der Waals surface area contributed by atoms with Gasteiger partial charge in [0.2, 0.25) is 0 Å². The number of hydrogen-bond donors (Lipinski definition) is 2. The Morgan fingerprint density at radius 3 is 2.40 bits per heavy atom. The largest absolute Gasteiger partial charge is 0.390 e. The van der Waals surface area contributed by atoms with Gasteiger partial charge in [0.25, 0.3) is 0 Å². The second-order valence-electron chi connectivity index (χ2n) is 6.20. The normalized spacial score (nSPS) is 34.1. The van der Waals surface area contributed by atoms with E-state index in [1.54, 1.807) is 6.92 Å². The molecular formula is C15H21NO3S. The van der Waals surface area contributed by atoms with Crippen LogP contribution >= 0.6 is 11.3 Å². The molecular weight excluding hydrogens is 274 g/mol. The second-order valence-corrected chi connectivity index (χ2v) is 7.11. The molecule has 1 aromatic heterocycles. The fourth-order valence-electron chi connectivity index (χ4n) is 3.53. The van der Waals surface area contributed by atoms with Crippen molar-refractivity contribution >= 4 is 17.1 Å². The Morgan fingerprint density at radius 1 is 1.30 bits per heavy atom. The first kappa shape index (κ1) is 14.2. The van der Waals surface area contributed by atoms with Crippen LogP contribution in [0.25, 0.3) is 0 Å². The molecule has 3 rings (SSSR count). The van der Waals surface area contributed by atoms with E-state index in [9.17, 15) is 15.0 Å². The Bertz CT molecular complexity index is 483. The van der Waals surface area contributed by atoms with Gasteiger partial charge >= 0.3 is 0 Å². The average molecular weight is 295 g/mol. The van der Waals surface area contributed by atoms with Gasteiger partial charge in [0, 0.05) is 19.6 Å². The molecule has 2 fully saturated rings. The molecule has 1 saturated carbocycles. The van der Waals surface area contributed by atoms with Crippen LogP contribution in [0.4, 0.5) is 0 Å². The molecule has 1 saturated heterocycles. The number of fused-ring (bicyclic) bond motifs is 1. The number of hydrogen-bond acceptors (Lipinski definition) is 5. The minimum Gasteiger partial charge on any atom is -0.390 e. The lowest BCUT2D eigenvalue weighted by atomic mass is 9.79. The number of aliphatic hydroxyl groups excluding tert-OH is 2. The van der Waals surface area contributed by atoms with Crippen LogP contribution in [0.1, 0.15) is 35.0 Å². The van der Waals surface area contributed by atoms with Crippen LogP contribution in [0, 0.1) is 11.8 Å². The van der Waals surface area contributed by atoms with E-state index in [2.05, 4.69) is 10.3 Å². The molecule has 2 heterocycles. The van der Waals surface area contributed by atoms with Crippen LogP contribution in [-0.2, 0) is 6.54 Å². The van der Waals surface area contributed by atoms with E-state index in [0.29, 0.717) is 24.7 Å². The summed E-state index contributed by atoms with van der Waals surface area (Å²) in [4.78, 5) is 14.5. The number of aliphatic hydroxyl groups is 2. The summed E-state index contributed by atoms with van der Waals surface area (Å²) in [5.74, 6) is 1.13. The fourth-order valence-corrected chi connectivity index (χ4v) is 4.34. The summed E-state index contributed by atoms with van der Waals surface area (Å²) in [6.45, 7) is 4.44. The lowest BCUT2D eigenvalue weighted by Crippen LogP contribution is -2.38. The zero-order chi connectivity index (χ0) is 14.3. The SMILES string of the molecule is CC(=O)c1cc(CN2C[C@H]3C[C@H](O)[C@@H](O)C[C@H]3C2)cs1. The van der Waals surface area contributed by atoms with Crippen molar-refractivity contribution in [3.63, 3.8) is 0 Å². The molecule has 0 bridgehead atoms. The van der Waals surface area contributed by atoms with Crippen molar-refractivity contribution in [1.29, 1.82) is 0 Å². The molecule has 2 N–H and O–H groups in total. The Balaban J connectivity index is 1.61. The van der Waals surface area contributed by atoms with Crippen molar-refractivity contribution in [1.82, 2.24) is 4.90 Å². The van der Waals surface area contributed by atoms with Crippen LogP contribution in [-0.4, -0.2) is 46.2 Å². The maximum atomic E-state index is 11.3. The Kier molecular flexibility index (Phi) is 3.95. The molecule has 0 unspecified atom stereocenters. The minimum atomic E-state index is -0.554. The highest BCUT2D eigenvalue weighted by molar-refractivity contribution is 7.12. The summed E-state index contributed by atoms with van der Waals surface area (Å²) in [6, 6.07) is 1.98. The summed E-state index contributed by atoms with van der Waals surface area (Å²) in [6.07, 6.45) is 0.318. The molecule has 0 spiro atoms. The number of nitrogens with zero attached hydrogens (tertiary/aromatic N) is 1. The molecule has 0 amide bonds. The molecule has 1 aliphatic carbocycles. The predicted octanol–water partition coefficient (Wildman–Crippen LogP) is 1.51. The van der Waals surface area contributed by atoms with Gasteiger partial charge in [-0.1, -0.05) is 0 Å². The molecule has 0 aromatic carbocycles. The zero-order valence-electron chi connectivity index (χ0n) is 11.7. The predicted molar refractivity (Wildman–Crippen MR) is 77.8 cm³/mol. The maximum Gasteiger partial charge on any atom is 0.169 e. The second kappa shape index (κ2) is 5.56. The van der Waals surface area contributed by atoms with Gasteiger partial charge in [-0.2, -0.15) is 0 Å². The lowest BCUT2D eigenvalue weighted by molar-refractivity contribution is -0.0372. The Labute approximate surface area is 123 Å². The lowest BCUT2D eigenvalue weighted by Gasteiger charge is -2.32. The summed E-state index contributed by atoms with van der Waals surface area (Å²) in [5, 5.41) is 21.6. The highest BCUT2D eigenvalue weighted by atomic mass is 32.1. The van der Waals surface area contributed by atoms with Crippen molar-refractivity contribution in [3.8, 4) is 0 Å². The van der Waals surface area contributed by atoms with Gasteiger partial charge in [0.15, 0.2) is 5.78 Å². The number of carbonyl (C=O) groups excluding carboxylic acids is 1. The first-order valence-corrected chi connectivity index (χ1v) is 8.07. The summed E-state index contributed by atoms with van der Waals surface area (Å²) in [7, 11) is 0. The van der Waals surface area contributed by atoms with E-state index < -0.39 is 12.2 Å². The van der Waals surface area contributed by atoms with Crippen LogP contribution in [0.3, 0.4) is 0 Å². The van der Waals surface area contributed by atoms with Crippen molar-refractivity contribution in [3.05, 3.63) is 21.9 Å². The van der Waals surface area contributed by atoms with Gasteiger partial charge in [0.1, 0.15) is 0 Å². The molecule has 5 heteroatoms. The first-order valence-electron chi connectivity index (χ1n) is 7.19. The van der Waals surface area contributed by atoms with E-state index >= 15 is 0 Å². The molecule has 20 heavy (non-hydrogen) atoms. The fraction of sp³-hybridized carbons (Fsp3) is 0.667. The molecule has 110 valence electrons. The van der Waals surface area contributed by atoms with E-state index in [1.165, 1.54) is 16.9 Å². The molecule has 1 aliphatic heterocycles. The summed E-state index contributed by atoms with van der Waals surface area (Å²) in [5.41, 5.74) is 1.19. The summed E-state index contributed by atoms with van der Waals surface area (Å²) < 4.78 is 0. The molecule has 4 atom stereocenters. The monoisotopic (exact) mass is 295 g/mol. The number of thiophene rings is 1.